The highest BCUT2D eigenvalue weighted by atomic mass is 19.4. The molecule has 0 fully saturated rings. The highest BCUT2D eigenvalue weighted by molar-refractivity contribution is 5.67. The van der Waals surface area contributed by atoms with Crippen molar-refractivity contribution in [1.82, 2.24) is 9.97 Å². The van der Waals surface area contributed by atoms with Crippen molar-refractivity contribution in [3.05, 3.63) is 45.8 Å². The second kappa shape index (κ2) is 6.07. The van der Waals surface area contributed by atoms with Crippen molar-refractivity contribution in [3.63, 3.8) is 0 Å². The number of rotatable bonds is 3. The van der Waals surface area contributed by atoms with E-state index in [9.17, 15) is 36.5 Å². The predicted molar refractivity (Wildman–Crippen MR) is 70.1 cm³/mol. The fourth-order valence-corrected chi connectivity index (χ4v) is 1.73. The maximum Gasteiger partial charge on any atom is 0.437 e. The van der Waals surface area contributed by atoms with Gasteiger partial charge in [0.05, 0.1) is 16.7 Å². The summed E-state index contributed by atoms with van der Waals surface area (Å²) in [5.41, 5.74) is -4.62. The van der Waals surface area contributed by atoms with Crippen LogP contribution in [0.1, 0.15) is 11.3 Å². The number of aromatic nitrogens is 2. The summed E-state index contributed by atoms with van der Waals surface area (Å²) in [6, 6.07) is 1.37. The Bertz CT molecular complexity index is 821. The number of hydrogen-bond acceptors (Lipinski definition) is 6. The van der Waals surface area contributed by atoms with Gasteiger partial charge >= 0.3 is 12.4 Å². The monoisotopic (exact) mass is 368 g/mol. The molecular weight excluding hydrogens is 362 g/mol. The van der Waals surface area contributed by atoms with Crippen LogP contribution in [-0.2, 0) is 12.4 Å². The van der Waals surface area contributed by atoms with Crippen LogP contribution in [0.25, 0.3) is 0 Å². The zero-order valence-corrected chi connectivity index (χ0v) is 11.7. The summed E-state index contributed by atoms with van der Waals surface area (Å²) in [5.74, 6) is -2.08. The van der Waals surface area contributed by atoms with Crippen LogP contribution < -0.4 is 5.32 Å². The van der Waals surface area contributed by atoms with Crippen LogP contribution in [0, 0.1) is 10.1 Å². The minimum atomic E-state index is -5.03. The van der Waals surface area contributed by atoms with E-state index >= 15 is 0 Å². The summed E-state index contributed by atoms with van der Waals surface area (Å²) >= 11 is 0. The molecule has 1 aromatic carbocycles. The summed E-state index contributed by atoms with van der Waals surface area (Å²) in [6.45, 7) is 0. The first-order chi connectivity index (χ1) is 11.4. The van der Waals surface area contributed by atoms with E-state index in [2.05, 4.69) is 9.97 Å². The summed E-state index contributed by atoms with van der Waals surface area (Å²) < 4.78 is 75.7. The molecule has 13 heteroatoms. The van der Waals surface area contributed by atoms with Gasteiger partial charge in [0, 0.05) is 6.07 Å². The lowest BCUT2D eigenvalue weighted by atomic mass is 10.1. The van der Waals surface area contributed by atoms with E-state index in [0.29, 0.717) is 18.3 Å². The fourth-order valence-electron chi connectivity index (χ4n) is 1.73. The number of nitro groups is 1. The smallest absolute Gasteiger partial charge is 0.437 e. The van der Waals surface area contributed by atoms with Gasteiger partial charge in [0.25, 0.3) is 5.69 Å². The van der Waals surface area contributed by atoms with Crippen LogP contribution >= 0.6 is 0 Å². The molecule has 0 aliphatic rings. The molecule has 2 rings (SSSR count). The van der Waals surface area contributed by atoms with E-state index in [1.165, 1.54) is 0 Å². The van der Waals surface area contributed by atoms with Gasteiger partial charge in [-0.2, -0.15) is 26.3 Å². The zero-order chi connectivity index (χ0) is 19.0. The van der Waals surface area contributed by atoms with Crippen LogP contribution in [0.15, 0.2) is 24.4 Å². The average Bonchev–Trinajstić information content (AvgIpc) is 2.47. The Hall–Kier alpha value is -3.12. The number of halogens is 6. The molecule has 134 valence electrons. The van der Waals surface area contributed by atoms with Crippen molar-refractivity contribution in [2.24, 2.45) is 0 Å². The molecule has 0 saturated heterocycles. The van der Waals surface area contributed by atoms with Crippen LogP contribution in [0.4, 0.5) is 43.7 Å². The minimum Gasteiger partial charge on any atom is -0.504 e. The summed E-state index contributed by atoms with van der Waals surface area (Å²) in [5, 5.41) is 22.0. The second-order valence-electron chi connectivity index (χ2n) is 4.54. The van der Waals surface area contributed by atoms with Crippen LogP contribution in [0.3, 0.4) is 0 Å². The van der Waals surface area contributed by atoms with E-state index in [-0.39, 0.29) is 6.07 Å². The lowest BCUT2D eigenvalue weighted by molar-refractivity contribution is -0.384. The van der Waals surface area contributed by atoms with Gasteiger partial charge in [-0.3, -0.25) is 10.1 Å². The Balaban J connectivity index is 2.46. The first kappa shape index (κ1) is 18.2. The van der Waals surface area contributed by atoms with Gasteiger partial charge in [0.2, 0.25) is 5.95 Å². The number of nitrogens with zero attached hydrogens (tertiary/aromatic N) is 3. The van der Waals surface area contributed by atoms with E-state index in [4.69, 9.17) is 5.11 Å². The largest absolute Gasteiger partial charge is 0.504 e. The molecule has 25 heavy (non-hydrogen) atoms. The van der Waals surface area contributed by atoms with Gasteiger partial charge in [-0.05, 0) is 12.1 Å². The maximum atomic E-state index is 12.6. The molecule has 0 radical (unpaired) electrons. The Morgan fingerprint density at radius 1 is 1.12 bits per heavy atom. The SMILES string of the molecule is O=[N+]([O-])c1cc(C(F)(F)F)ccc1Nc1ncc(O)c(C(F)(F)F)n1. The maximum absolute atomic E-state index is 12.6. The molecule has 0 unspecified atom stereocenters. The Kier molecular flexibility index (Phi) is 4.42. The number of nitro benzene ring substituents is 1. The molecule has 1 aromatic heterocycles. The number of hydrogen-bond donors (Lipinski definition) is 2. The van der Waals surface area contributed by atoms with Crippen LogP contribution in [0.5, 0.6) is 5.75 Å². The molecule has 0 aliphatic heterocycles. The van der Waals surface area contributed by atoms with Gasteiger partial charge < -0.3 is 10.4 Å². The first-order valence-electron chi connectivity index (χ1n) is 6.15. The molecular formula is C12H6F6N4O3. The highest BCUT2D eigenvalue weighted by Crippen LogP contribution is 2.37. The zero-order valence-electron chi connectivity index (χ0n) is 11.7. The third-order valence-corrected chi connectivity index (χ3v) is 2.81. The molecule has 2 aromatic rings. The molecule has 2 N–H and O–H groups in total. The molecule has 0 spiro atoms. The Morgan fingerprint density at radius 2 is 1.76 bits per heavy atom. The fraction of sp³-hybridized carbons (Fsp3) is 0.167. The van der Waals surface area contributed by atoms with Gasteiger partial charge in [-0.15, -0.1) is 0 Å². The van der Waals surface area contributed by atoms with Crippen LogP contribution in [0.2, 0.25) is 0 Å². The Morgan fingerprint density at radius 3 is 2.28 bits per heavy atom. The van der Waals surface area contributed by atoms with Gasteiger partial charge in [0.1, 0.15) is 5.69 Å². The molecule has 0 amide bonds. The topological polar surface area (TPSA) is 101 Å². The van der Waals surface area contributed by atoms with Gasteiger partial charge in [-0.1, -0.05) is 0 Å². The number of aromatic hydroxyl groups is 1. The predicted octanol–water partition coefficient (Wildman–Crippen LogP) is 3.87. The van der Waals surface area contributed by atoms with E-state index in [1.54, 1.807) is 0 Å². The number of alkyl halides is 6. The standard InChI is InChI=1S/C12H6F6N4O3/c13-11(14,15)5-1-2-6(7(3-5)22(24)25)20-10-19-4-8(23)9(21-10)12(16,17)18/h1-4,23H,(H,19,20,21). The van der Waals surface area contributed by atoms with Gasteiger partial charge in [0.15, 0.2) is 11.4 Å². The van der Waals surface area contributed by atoms with Crippen molar-refractivity contribution in [2.75, 3.05) is 5.32 Å². The molecule has 7 nitrogen and oxygen atoms in total. The molecule has 0 aliphatic carbocycles. The minimum absolute atomic E-state index is 0.216. The lowest BCUT2D eigenvalue weighted by Gasteiger charge is -2.11. The van der Waals surface area contributed by atoms with Crippen molar-refractivity contribution in [3.8, 4) is 5.75 Å². The van der Waals surface area contributed by atoms with Crippen molar-refractivity contribution in [1.29, 1.82) is 0 Å². The first-order valence-corrected chi connectivity index (χ1v) is 6.15. The number of benzene rings is 1. The molecule has 0 saturated carbocycles. The second-order valence-corrected chi connectivity index (χ2v) is 4.54. The van der Waals surface area contributed by atoms with E-state index < -0.39 is 51.6 Å². The van der Waals surface area contributed by atoms with Crippen molar-refractivity contribution < 1.29 is 36.4 Å². The lowest BCUT2D eigenvalue weighted by Crippen LogP contribution is -2.11. The summed E-state index contributed by atoms with van der Waals surface area (Å²) in [6.07, 6.45) is -9.48. The van der Waals surface area contributed by atoms with Crippen LogP contribution in [-0.4, -0.2) is 20.0 Å². The highest BCUT2D eigenvalue weighted by Gasteiger charge is 2.37. The third-order valence-electron chi connectivity index (χ3n) is 2.81. The normalized spacial score (nSPS) is 12.1. The van der Waals surface area contributed by atoms with Gasteiger partial charge in [-0.25, -0.2) is 9.97 Å². The third kappa shape index (κ3) is 4.05. The molecule has 0 bridgehead atoms. The molecule has 1 heterocycles. The van der Waals surface area contributed by atoms with E-state index in [1.807, 2.05) is 5.32 Å². The van der Waals surface area contributed by atoms with Crippen molar-refractivity contribution >= 4 is 17.3 Å². The quantitative estimate of drug-likeness (QED) is 0.485. The Labute approximate surface area is 134 Å². The number of nitrogens with one attached hydrogen (secondary N) is 1. The summed E-state index contributed by atoms with van der Waals surface area (Å²) in [7, 11) is 0. The molecule has 0 atom stereocenters. The van der Waals surface area contributed by atoms with Crippen molar-refractivity contribution in [2.45, 2.75) is 12.4 Å². The summed E-state index contributed by atoms with van der Waals surface area (Å²) in [4.78, 5) is 16.0. The average molecular weight is 368 g/mol. The van der Waals surface area contributed by atoms with E-state index in [0.717, 1.165) is 0 Å². The number of anilines is 2.